The Labute approximate surface area is 180 Å². The van der Waals surface area contributed by atoms with E-state index in [-0.39, 0.29) is 24.0 Å². The van der Waals surface area contributed by atoms with Gasteiger partial charge in [-0.1, -0.05) is 24.3 Å². The molecule has 0 atom stereocenters. The summed E-state index contributed by atoms with van der Waals surface area (Å²) in [6, 6.07) is 8.91. The lowest BCUT2D eigenvalue weighted by atomic mass is 10.1. The van der Waals surface area contributed by atoms with Crippen molar-refractivity contribution in [3.8, 4) is 0 Å². The highest BCUT2D eigenvalue weighted by molar-refractivity contribution is 14.0. The van der Waals surface area contributed by atoms with E-state index in [2.05, 4.69) is 69.9 Å². The highest BCUT2D eigenvalue weighted by Crippen LogP contribution is 2.10. The van der Waals surface area contributed by atoms with Crippen molar-refractivity contribution in [2.45, 2.75) is 20.0 Å². The van der Waals surface area contributed by atoms with E-state index in [9.17, 15) is 0 Å². The first-order valence-corrected chi connectivity index (χ1v) is 10.6. The standard InChI is InChI=1S/C19H33N5S.HI/c1-4-20-19(21-9-14-25-3)22-15-17-5-7-18(8-6-17)16-24-12-10-23(2)11-13-24;/h5-8H,4,9-16H2,1-3H3,(H2,20,21,22);1H. The molecule has 26 heavy (non-hydrogen) atoms. The van der Waals surface area contributed by atoms with Crippen LogP contribution in [-0.4, -0.2) is 74.1 Å². The fraction of sp³-hybridized carbons (Fsp3) is 0.632. The van der Waals surface area contributed by atoms with Crippen LogP contribution in [0.15, 0.2) is 29.3 Å². The molecular weight excluding hydrogens is 457 g/mol. The number of halogens is 1. The van der Waals surface area contributed by atoms with Gasteiger partial charge in [0, 0.05) is 51.6 Å². The van der Waals surface area contributed by atoms with Gasteiger partial charge in [0.15, 0.2) is 5.96 Å². The number of rotatable bonds is 8. The molecule has 7 heteroatoms. The van der Waals surface area contributed by atoms with Crippen LogP contribution in [0.4, 0.5) is 0 Å². The number of nitrogens with zero attached hydrogens (tertiary/aromatic N) is 3. The Balaban J connectivity index is 0.00000338. The molecule has 0 radical (unpaired) electrons. The zero-order valence-electron chi connectivity index (χ0n) is 16.3. The molecule has 0 aromatic heterocycles. The minimum absolute atomic E-state index is 0. The number of hydrogen-bond acceptors (Lipinski definition) is 4. The fourth-order valence-corrected chi connectivity index (χ4v) is 3.10. The summed E-state index contributed by atoms with van der Waals surface area (Å²) in [6.07, 6.45) is 2.12. The molecule has 1 saturated heterocycles. The number of piperazine rings is 1. The third-order valence-electron chi connectivity index (χ3n) is 4.39. The van der Waals surface area contributed by atoms with Crippen molar-refractivity contribution >= 4 is 41.7 Å². The smallest absolute Gasteiger partial charge is 0.191 e. The number of nitrogens with one attached hydrogen (secondary N) is 2. The summed E-state index contributed by atoms with van der Waals surface area (Å²) in [5.74, 6) is 1.99. The van der Waals surface area contributed by atoms with E-state index in [1.54, 1.807) is 0 Å². The van der Waals surface area contributed by atoms with Gasteiger partial charge in [-0.2, -0.15) is 11.8 Å². The van der Waals surface area contributed by atoms with Crippen LogP contribution >= 0.6 is 35.7 Å². The number of likely N-dealkylation sites (N-methyl/N-ethyl adjacent to an activating group) is 1. The summed E-state index contributed by atoms with van der Waals surface area (Å²) in [5.41, 5.74) is 2.64. The Hall–Kier alpha value is -0.510. The van der Waals surface area contributed by atoms with Gasteiger partial charge >= 0.3 is 0 Å². The van der Waals surface area contributed by atoms with Crippen molar-refractivity contribution < 1.29 is 0 Å². The van der Waals surface area contributed by atoms with E-state index in [4.69, 9.17) is 0 Å². The molecule has 1 aliphatic heterocycles. The van der Waals surface area contributed by atoms with E-state index in [1.165, 1.54) is 24.2 Å². The van der Waals surface area contributed by atoms with Crippen LogP contribution in [0, 0.1) is 0 Å². The Kier molecular flexibility index (Phi) is 12.3. The van der Waals surface area contributed by atoms with Gasteiger partial charge in [-0.3, -0.25) is 4.90 Å². The molecule has 0 bridgehead atoms. The van der Waals surface area contributed by atoms with E-state index < -0.39 is 0 Å². The third-order valence-corrected chi connectivity index (χ3v) is 5.00. The van der Waals surface area contributed by atoms with Crippen LogP contribution in [-0.2, 0) is 13.1 Å². The minimum atomic E-state index is 0. The van der Waals surface area contributed by atoms with E-state index in [0.717, 1.165) is 44.4 Å². The molecule has 0 spiro atoms. The van der Waals surface area contributed by atoms with Crippen molar-refractivity contribution in [2.24, 2.45) is 4.99 Å². The maximum absolute atomic E-state index is 4.68. The predicted molar refractivity (Wildman–Crippen MR) is 126 cm³/mol. The molecule has 2 N–H and O–H groups in total. The first-order chi connectivity index (χ1) is 12.2. The van der Waals surface area contributed by atoms with Gasteiger partial charge in [-0.25, -0.2) is 4.99 Å². The summed E-state index contributed by atoms with van der Waals surface area (Å²) in [7, 11) is 2.20. The third kappa shape index (κ3) is 8.92. The molecule has 0 amide bonds. The van der Waals surface area contributed by atoms with Crippen molar-refractivity contribution in [3.05, 3.63) is 35.4 Å². The quantitative estimate of drug-likeness (QED) is 0.253. The molecule has 148 valence electrons. The molecule has 1 aromatic carbocycles. The van der Waals surface area contributed by atoms with E-state index in [1.807, 2.05) is 11.8 Å². The van der Waals surface area contributed by atoms with Crippen molar-refractivity contribution in [1.82, 2.24) is 20.4 Å². The van der Waals surface area contributed by atoms with Gasteiger partial charge < -0.3 is 15.5 Å². The lowest BCUT2D eigenvalue weighted by Gasteiger charge is -2.32. The van der Waals surface area contributed by atoms with Crippen LogP contribution < -0.4 is 10.6 Å². The molecule has 0 unspecified atom stereocenters. The lowest BCUT2D eigenvalue weighted by molar-refractivity contribution is 0.148. The molecule has 0 aliphatic carbocycles. The second kappa shape index (κ2) is 13.6. The maximum Gasteiger partial charge on any atom is 0.191 e. The molecule has 1 aliphatic rings. The molecule has 1 fully saturated rings. The first kappa shape index (κ1) is 23.5. The van der Waals surface area contributed by atoms with Gasteiger partial charge in [0.1, 0.15) is 0 Å². The van der Waals surface area contributed by atoms with Gasteiger partial charge in [0.25, 0.3) is 0 Å². The molecule has 0 saturated carbocycles. The fourth-order valence-electron chi connectivity index (χ4n) is 2.80. The van der Waals surface area contributed by atoms with Crippen LogP contribution in [0.1, 0.15) is 18.1 Å². The van der Waals surface area contributed by atoms with Crippen molar-refractivity contribution in [3.63, 3.8) is 0 Å². The lowest BCUT2D eigenvalue weighted by Crippen LogP contribution is -2.43. The topological polar surface area (TPSA) is 42.9 Å². The summed E-state index contributed by atoms with van der Waals surface area (Å²) in [6.45, 7) is 10.4. The minimum Gasteiger partial charge on any atom is -0.357 e. The normalized spacial score (nSPS) is 16.2. The second-order valence-electron chi connectivity index (χ2n) is 6.51. The molecule has 1 aromatic rings. The molecule has 1 heterocycles. The number of thioether (sulfide) groups is 1. The van der Waals surface area contributed by atoms with E-state index in [0.29, 0.717) is 6.54 Å². The van der Waals surface area contributed by atoms with Gasteiger partial charge in [-0.15, -0.1) is 24.0 Å². The summed E-state index contributed by atoms with van der Waals surface area (Å²) < 4.78 is 0. The number of aliphatic imine (C=N–C) groups is 1. The largest absolute Gasteiger partial charge is 0.357 e. The highest BCUT2D eigenvalue weighted by Gasteiger charge is 2.13. The molecule has 5 nitrogen and oxygen atoms in total. The van der Waals surface area contributed by atoms with Crippen LogP contribution in [0.5, 0.6) is 0 Å². The average molecular weight is 491 g/mol. The Bertz CT molecular complexity index is 515. The Morgan fingerprint density at radius 3 is 2.35 bits per heavy atom. The number of hydrogen-bond donors (Lipinski definition) is 2. The Morgan fingerprint density at radius 1 is 1.08 bits per heavy atom. The Morgan fingerprint density at radius 2 is 1.73 bits per heavy atom. The van der Waals surface area contributed by atoms with Crippen LogP contribution in [0.25, 0.3) is 0 Å². The predicted octanol–water partition coefficient (Wildman–Crippen LogP) is 2.47. The van der Waals surface area contributed by atoms with Crippen molar-refractivity contribution in [2.75, 3.05) is 58.3 Å². The zero-order chi connectivity index (χ0) is 17.9. The monoisotopic (exact) mass is 491 g/mol. The van der Waals surface area contributed by atoms with Crippen LogP contribution in [0.2, 0.25) is 0 Å². The SMILES string of the molecule is CCNC(=NCc1ccc(CN2CCN(C)CC2)cc1)NCCSC.I. The number of benzene rings is 1. The first-order valence-electron chi connectivity index (χ1n) is 9.21. The molecular formula is C19H34IN5S. The number of guanidine groups is 1. The highest BCUT2D eigenvalue weighted by atomic mass is 127. The van der Waals surface area contributed by atoms with Crippen molar-refractivity contribution in [1.29, 1.82) is 0 Å². The van der Waals surface area contributed by atoms with Gasteiger partial charge in [0.2, 0.25) is 0 Å². The average Bonchev–Trinajstić information content (AvgIpc) is 2.63. The zero-order valence-corrected chi connectivity index (χ0v) is 19.5. The molecule has 2 rings (SSSR count). The second-order valence-corrected chi connectivity index (χ2v) is 7.50. The van der Waals surface area contributed by atoms with E-state index >= 15 is 0 Å². The van der Waals surface area contributed by atoms with Gasteiger partial charge in [0.05, 0.1) is 6.54 Å². The maximum atomic E-state index is 4.68. The van der Waals surface area contributed by atoms with Gasteiger partial charge in [-0.05, 0) is 31.4 Å². The summed E-state index contributed by atoms with van der Waals surface area (Å²) >= 11 is 1.84. The summed E-state index contributed by atoms with van der Waals surface area (Å²) in [4.78, 5) is 9.61. The summed E-state index contributed by atoms with van der Waals surface area (Å²) in [5, 5.41) is 6.67. The van der Waals surface area contributed by atoms with Crippen LogP contribution in [0.3, 0.4) is 0 Å².